The molecule has 114 valence electrons. The molecule has 0 radical (unpaired) electrons. The van der Waals surface area contributed by atoms with Crippen LogP contribution in [-0.4, -0.2) is 35.6 Å². The Morgan fingerprint density at radius 2 is 1.95 bits per heavy atom. The van der Waals surface area contributed by atoms with Gasteiger partial charge < -0.3 is 15.5 Å². The summed E-state index contributed by atoms with van der Waals surface area (Å²) in [6.07, 6.45) is 0.972. The van der Waals surface area contributed by atoms with Gasteiger partial charge in [0.25, 0.3) is 0 Å². The Hall–Kier alpha value is -1.89. The van der Waals surface area contributed by atoms with Gasteiger partial charge in [0.15, 0.2) is 0 Å². The minimum Gasteiger partial charge on any atom is -0.354 e. The second-order valence-corrected chi connectivity index (χ2v) is 5.81. The van der Waals surface area contributed by atoms with E-state index in [4.69, 9.17) is 0 Å². The number of hydrogen-bond acceptors (Lipinski definition) is 7. The monoisotopic (exact) mass is 306 g/mol. The summed E-state index contributed by atoms with van der Waals surface area (Å²) in [7, 11) is 3.84. The fourth-order valence-electron chi connectivity index (χ4n) is 1.89. The number of nitrogens with zero attached hydrogens (tertiary/aromatic N) is 4. The standard InChI is InChI=1S/C14H22N6S/c1-5-10(11-8-7-9-21-11)16-13-17-12(15-6-2)18-14(19-13)20(3)4/h7-10H,5-6H2,1-4H3,(H2,15,16,17,18,19). The Morgan fingerprint density at radius 1 is 1.19 bits per heavy atom. The topological polar surface area (TPSA) is 66.0 Å². The fourth-order valence-corrected chi connectivity index (χ4v) is 2.75. The van der Waals surface area contributed by atoms with Crippen LogP contribution in [0.25, 0.3) is 0 Å². The molecule has 2 aromatic heterocycles. The van der Waals surface area contributed by atoms with Crippen molar-refractivity contribution in [1.82, 2.24) is 15.0 Å². The zero-order valence-electron chi connectivity index (χ0n) is 12.9. The van der Waals surface area contributed by atoms with E-state index in [1.807, 2.05) is 25.9 Å². The van der Waals surface area contributed by atoms with Crippen LogP contribution in [0.3, 0.4) is 0 Å². The Morgan fingerprint density at radius 3 is 2.52 bits per heavy atom. The third kappa shape index (κ3) is 4.04. The Kier molecular flexibility index (Phi) is 5.32. The van der Waals surface area contributed by atoms with Gasteiger partial charge >= 0.3 is 0 Å². The predicted octanol–water partition coefficient (Wildman–Crippen LogP) is 2.99. The average Bonchev–Trinajstić information content (AvgIpc) is 2.99. The second-order valence-electron chi connectivity index (χ2n) is 4.83. The molecule has 6 nitrogen and oxygen atoms in total. The van der Waals surface area contributed by atoms with Crippen LogP contribution < -0.4 is 15.5 Å². The molecule has 0 fully saturated rings. The van der Waals surface area contributed by atoms with Gasteiger partial charge in [0.2, 0.25) is 17.8 Å². The van der Waals surface area contributed by atoms with E-state index in [1.165, 1.54) is 4.88 Å². The fraction of sp³-hybridized carbons (Fsp3) is 0.500. The van der Waals surface area contributed by atoms with Gasteiger partial charge in [-0.2, -0.15) is 15.0 Å². The van der Waals surface area contributed by atoms with Crippen LogP contribution >= 0.6 is 11.3 Å². The van der Waals surface area contributed by atoms with Crippen molar-refractivity contribution >= 4 is 29.2 Å². The molecule has 1 unspecified atom stereocenters. The number of hydrogen-bond donors (Lipinski definition) is 2. The molecule has 21 heavy (non-hydrogen) atoms. The minimum absolute atomic E-state index is 0.219. The van der Waals surface area contributed by atoms with E-state index in [2.05, 4.69) is 50.0 Å². The van der Waals surface area contributed by atoms with Gasteiger partial charge in [-0.25, -0.2) is 0 Å². The summed E-state index contributed by atoms with van der Waals surface area (Å²) in [5.74, 6) is 1.84. The number of nitrogens with one attached hydrogen (secondary N) is 2. The molecular formula is C14H22N6S. The lowest BCUT2D eigenvalue weighted by Gasteiger charge is -2.18. The van der Waals surface area contributed by atoms with Crippen molar-refractivity contribution in [2.24, 2.45) is 0 Å². The van der Waals surface area contributed by atoms with Gasteiger partial charge in [0, 0.05) is 25.5 Å². The quantitative estimate of drug-likeness (QED) is 0.820. The molecule has 1 atom stereocenters. The molecule has 2 N–H and O–H groups in total. The summed E-state index contributed by atoms with van der Waals surface area (Å²) in [4.78, 5) is 16.4. The predicted molar refractivity (Wildman–Crippen MR) is 89.3 cm³/mol. The molecule has 0 aliphatic rings. The van der Waals surface area contributed by atoms with Crippen molar-refractivity contribution < 1.29 is 0 Å². The van der Waals surface area contributed by atoms with Gasteiger partial charge in [0.05, 0.1) is 6.04 Å². The molecule has 0 bridgehead atoms. The number of rotatable bonds is 7. The Labute approximate surface area is 129 Å². The van der Waals surface area contributed by atoms with Crippen molar-refractivity contribution in [2.75, 3.05) is 36.2 Å². The molecule has 2 rings (SSSR count). The van der Waals surface area contributed by atoms with E-state index in [9.17, 15) is 0 Å². The largest absolute Gasteiger partial charge is 0.354 e. The number of aromatic nitrogens is 3. The van der Waals surface area contributed by atoms with Crippen molar-refractivity contribution in [3.8, 4) is 0 Å². The Balaban J connectivity index is 2.25. The molecule has 0 saturated heterocycles. The van der Waals surface area contributed by atoms with E-state index in [-0.39, 0.29) is 6.04 Å². The Bertz CT molecular complexity index is 555. The first-order valence-electron chi connectivity index (χ1n) is 7.11. The first-order chi connectivity index (χ1) is 10.1. The van der Waals surface area contributed by atoms with Crippen LogP contribution in [-0.2, 0) is 0 Å². The zero-order chi connectivity index (χ0) is 15.2. The summed E-state index contributed by atoms with van der Waals surface area (Å²) in [5.41, 5.74) is 0. The number of anilines is 3. The smallest absolute Gasteiger partial charge is 0.231 e. The van der Waals surface area contributed by atoms with Crippen LogP contribution in [0.1, 0.15) is 31.2 Å². The van der Waals surface area contributed by atoms with E-state index >= 15 is 0 Å². The van der Waals surface area contributed by atoms with Crippen molar-refractivity contribution in [3.63, 3.8) is 0 Å². The highest BCUT2D eigenvalue weighted by molar-refractivity contribution is 7.10. The van der Waals surface area contributed by atoms with Crippen molar-refractivity contribution in [3.05, 3.63) is 22.4 Å². The zero-order valence-corrected chi connectivity index (χ0v) is 13.7. The van der Waals surface area contributed by atoms with E-state index in [0.717, 1.165) is 13.0 Å². The lowest BCUT2D eigenvalue weighted by atomic mass is 10.2. The van der Waals surface area contributed by atoms with Crippen LogP contribution in [0.4, 0.5) is 17.8 Å². The minimum atomic E-state index is 0.219. The maximum Gasteiger partial charge on any atom is 0.231 e. The van der Waals surface area contributed by atoms with Crippen LogP contribution in [0, 0.1) is 0 Å². The molecule has 0 aliphatic carbocycles. The molecule has 0 saturated carbocycles. The van der Waals surface area contributed by atoms with Gasteiger partial charge in [-0.15, -0.1) is 11.3 Å². The molecule has 7 heteroatoms. The maximum absolute atomic E-state index is 4.47. The van der Waals surface area contributed by atoms with Gasteiger partial charge in [0.1, 0.15) is 0 Å². The van der Waals surface area contributed by atoms with Gasteiger partial charge in [-0.05, 0) is 24.8 Å². The number of thiophene rings is 1. The maximum atomic E-state index is 4.47. The van der Waals surface area contributed by atoms with Crippen LogP contribution in [0.2, 0.25) is 0 Å². The molecule has 2 aromatic rings. The van der Waals surface area contributed by atoms with E-state index in [0.29, 0.717) is 17.8 Å². The third-order valence-corrected chi connectivity index (χ3v) is 3.94. The molecule has 2 heterocycles. The van der Waals surface area contributed by atoms with Gasteiger partial charge in [-0.1, -0.05) is 13.0 Å². The van der Waals surface area contributed by atoms with E-state index in [1.54, 1.807) is 11.3 Å². The highest BCUT2D eigenvalue weighted by atomic mass is 32.1. The third-order valence-electron chi connectivity index (χ3n) is 2.96. The molecule has 0 aromatic carbocycles. The summed E-state index contributed by atoms with van der Waals surface area (Å²) < 4.78 is 0. The molecule has 0 aliphatic heterocycles. The SMILES string of the molecule is CCNc1nc(NC(CC)c2cccs2)nc(N(C)C)n1. The molecular weight excluding hydrogens is 284 g/mol. The van der Waals surface area contributed by atoms with Gasteiger partial charge in [-0.3, -0.25) is 0 Å². The highest BCUT2D eigenvalue weighted by Gasteiger charge is 2.14. The first kappa shape index (κ1) is 15.5. The van der Waals surface area contributed by atoms with Crippen molar-refractivity contribution in [2.45, 2.75) is 26.3 Å². The highest BCUT2D eigenvalue weighted by Crippen LogP contribution is 2.25. The average molecular weight is 306 g/mol. The summed E-state index contributed by atoms with van der Waals surface area (Å²) in [5, 5.41) is 8.64. The van der Waals surface area contributed by atoms with Crippen LogP contribution in [0.15, 0.2) is 17.5 Å². The lowest BCUT2D eigenvalue weighted by Crippen LogP contribution is -2.18. The molecule has 0 amide bonds. The van der Waals surface area contributed by atoms with Crippen LogP contribution in [0.5, 0.6) is 0 Å². The summed E-state index contributed by atoms with van der Waals surface area (Å²) in [6, 6.07) is 4.41. The second kappa shape index (κ2) is 7.21. The summed E-state index contributed by atoms with van der Waals surface area (Å²) in [6.45, 7) is 4.95. The van der Waals surface area contributed by atoms with E-state index < -0.39 is 0 Å². The lowest BCUT2D eigenvalue weighted by molar-refractivity contribution is 0.749. The molecule has 0 spiro atoms. The summed E-state index contributed by atoms with van der Waals surface area (Å²) >= 11 is 1.74. The first-order valence-corrected chi connectivity index (χ1v) is 7.99. The van der Waals surface area contributed by atoms with Crippen molar-refractivity contribution in [1.29, 1.82) is 0 Å². The normalized spacial score (nSPS) is 12.0.